The molecule has 1 aliphatic heterocycles. The molecule has 0 bridgehead atoms. The molecule has 1 heterocycles. The Bertz CT molecular complexity index is 667. The molecule has 0 radical (unpaired) electrons. The van der Waals surface area contributed by atoms with Gasteiger partial charge in [-0.3, -0.25) is 4.79 Å². The summed E-state index contributed by atoms with van der Waals surface area (Å²) in [5, 5.41) is 0.938. The number of hydrogen-bond acceptors (Lipinski definition) is 2. The number of rotatable bonds is 2. The average molecular weight is 307 g/mol. The molecule has 1 unspecified atom stereocenters. The topological polar surface area (TPSA) is 26.3 Å². The Morgan fingerprint density at radius 2 is 1.95 bits per heavy atom. The summed E-state index contributed by atoms with van der Waals surface area (Å²) in [6, 6.07) is 12.7. The van der Waals surface area contributed by atoms with Gasteiger partial charge in [-0.25, -0.2) is 0 Å². The van der Waals surface area contributed by atoms with E-state index in [0.717, 1.165) is 11.3 Å². The summed E-state index contributed by atoms with van der Waals surface area (Å²) < 4.78 is 5.65. The molecule has 0 aliphatic carbocycles. The van der Waals surface area contributed by atoms with E-state index < -0.39 is 0 Å². The molecule has 3 rings (SSSR count). The number of carbonyl (C=O) groups is 1. The second kappa shape index (κ2) is 5.47. The SMILES string of the molecule is O=C(c1cc(Cl)ccc1Cl)C1COc2ccccc2C1. The predicted octanol–water partition coefficient (Wildman–Crippen LogP) is 4.43. The fourth-order valence-corrected chi connectivity index (χ4v) is 2.79. The number of carbonyl (C=O) groups excluding carboxylic acids is 1. The van der Waals surface area contributed by atoms with Gasteiger partial charge in [0.15, 0.2) is 5.78 Å². The van der Waals surface area contributed by atoms with Gasteiger partial charge >= 0.3 is 0 Å². The molecule has 0 fully saturated rings. The third-order valence-corrected chi connectivity index (χ3v) is 4.01. The molecule has 2 aromatic rings. The summed E-state index contributed by atoms with van der Waals surface area (Å²) in [5.41, 5.74) is 1.52. The first-order chi connectivity index (χ1) is 9.65. The molecular formula is C16H12Cl2O2. The van der Waals surface area contributed by atoms with E-state index in [1.807, 2.05) is 24.3 Å². The van der Waals surface area contributed by atoms with Gasteiger partial charge in [0.2, 0.25) is 0 Å². The zero-order chi connectivity index (χ0) is 14.1. The summed E-state index contributed by atoms with van der Waals surface area (Å²) in [6.45, 7) is 0.374. The smallest absolute Gasteiger partial charge is 0.171 e. The molecule has 0 aromatic heterocycles. The predicted molar refractivity (Wildman–Crippen MR) is 79.9 cm³/mol. The Morgan fingerprint density at radius 1 is 1.15 bits per heavy atom. The lowest BCUT2D eigenvalue weighted by Crippen LogP contribution is -2.28. The van der Waals surface area contributed by atoms with E-state index in [0.29, 0.717) is 28.6 Å². The van der Waals surface area contributed by atoms with Crippen LogP contribution in [0.5, 0.6) is 5.75 Å². The lowest BCUT2D eigenvalue weighted by molar-refractivity contribution is 0.0855. The maximum absolute atomic E-state index is 12.6. The maximum Gasteiger partial charge on any atom is 0.171 e. The number of benzene rings is 2. The highest BCUT2D eigenvalue weighted by Crippen LogP contribution is 2.30. The van der Waals surface area contributed by atoms with Crippen molar-refractivity contribution in [2.24, 2.45) is 5.92 Å². The molecule has 0 amide bonds. The highest BCUT2D eigenvalue weighted by Gasteiger charge is 2.27. The van der Waals surface area contributed by atoms with Gasteiger partial charge in [0.1, 0.15) is 5.75 Å². The van der Waals surface area contributed by atoms with Crippen LogP contribution in [0.4, 0.5) is 0 Å². The monoisotopic (exact) mass is 306 g/mol. The largest absolute Gasteiger partial charge is 0.493 e. The van der Waals surface area contributed by atoms with Crippen LogP contribution in [0.3, 0.4) is 0 Å². The highest BCUT2D eigenvalue weighted by atomic mass is 35.5. The van der Waals surface area contributed by atoms with Crippen LogP contribution in [0.2, 0.25) is 10.0 Å². The maximum atomic E-state index is 12.6. The van der Waals surface area contributed by atoms with Crippen LogP contribution in [0, 0.1) is 5.92 Å². The van der Waals surface area contributed by atoms with Crippen LogP contribution < -0.4 is 4.74 Å². The first kappa shape index (κ1) is 13.5. The standard InChI is InChI=1S/C16H12Cl2O2/c17-12-5-6-14(18)13(8-12)16(19)11-7-10-3-1-2-4-15(10)20-9-11/h1-6,8,11H,7,9H2. The van der Waals surface area contributed by atoms with Gasteiger partial charge in [-0.2, -0.15) is 0 Å². The van der Waals surface area contributed by atoms with Crippen molar-refractivity contribution < 1.29 is 9.53 Å². The number of halogens is 2. The van der Waals surface area contributed by atoms with Gasteiger partial charge in [0.05, 0.1) is 17.5 Å². The molecule has 2 aromatic carbocycles. The average Bonchev–Trinajstić information content (AvgIpc) is 2.48. The van der Waals surface area contributed by atoms with E-state index in [2.05, 4.69) is 0 Å². The molecule has 0 N–H and O–H groups in total. The van der Waals surface area contributed by atoms with Crippen molar-refractivity contribution >= 4 is 29.0 Å². The zero-order valence-electron chi connectivity index (χ0n) is 10.6. The molecule has 0 saturated heterocycles. The van der Waals surface area contributed by atoms with E-state index in [4.69, 9.17) is 27.9 Å². The van der Waals surface area contributed by atoms with Crippen LogP contribution in [-0.2, 0) is 6.42 Å². The number of Topliss-reactive ketones (excluding diaryl/α,β-unsaturated/α-hetero) is 1. The Hall–Kier alpha value is -1.51. The van der Waals surface area contributed by atoms with Crippen molar-refractivity contribution in [2.45, 2.75) is 6.42 Å². The summed E-state index contributed by atoms with van der Waals surface area (Å²) in [6.07, 6.45) is 0.665. The minimum absolute atomic E-state index is 0.0213. The number of fused-ring (bicyclic) bond motifs is 1. The molecular weight excluding hydrogens is 295 g/mol. The number of hydrogen-bond donors (Lipinski definition) is 0. The van der Waals surface area contributed by atoms with Gasteiger partial charge in [0.25, 0.3) is 0 Å². The van der Waals surface area contributed by atoms with Gasteiger partial charge in [-0.15, -0.1) is 0 Å². The van der Waals surface area contributed by atoms with Gasteiger partial charge in [0, 0.05) is 10.6 Å². The summed E-state index contributed by atoms with van der Waals surface area (Å²) in [7, 11) is 0. The van der Waals surface area contributed by atoms with E-state index in [1.165, 1.54) is 0 Å². The molecule has 20 heavy (non-hydrogen) atoms. The Balaban J connectivity index is 1.88. The zero-order valence-corrected chi connectivity index (χ0v) is 12.1. The van der Waals surface area contributed by atoms with E-state index in [1.54, 1.807) is 18.2 Å². The van der Waals surface area contributed by atoms with Crippen molar-refractivity contribution in [3.05, 3.63) is 63.6 Å². The molecule has 4 heteroatoms. The summed E-state index contributed by atoms with van der Waals surface area (Å²) in [4.78, 5) is 12.6. The van der Waals surface area contributed by atoms with Crippen LogP contribution in [-0.4, -0.2) is 12.4 Å². The van der Waals surface area contributed by atoms with E-state index >= 15 is 0 Å². The third-order valence-electron chi connectivity index (χ3n) is 3.44. The fraction of sp³-hybridized carbons (Fsp3) is 0.188. The number of ether oxygens (including phenoxy) is 1. The second-order valence-corrected chi connectivity index (χ2v) is 5.65. The van der Waals surface area contributed by atoms with Crippen LogP contribution in [0.1, 0.15) is 15.9 Å². The highest BCUT2D eigenvalue weighted by molar-refractivity contribution is 6.36. The van der Waals surface area contributed by atoms with Crippen LogP contribution >= 0.6 is 23.2 Å². The van der Waals surface area contributed by atoms with Crippen molar-refractivity contribution in [1.29, 1.82) is 0 Å². The molecule has 102 valence electrons. The van der Waals surface area contributed by atoms with Crippen molar-refractivity contribution in [3.8, 4) is 5.75 Å². The first-order valence-corrected chi connectivity index (χ1v) is 7.10. The lowest BCUT2D eigenvalue weighted by atomic mass is 9.90. The third kappa shape index (κ3) is 2.54. The summed E-state index contributed by atoms with van der Waals surface area (Å²) >= 11 is 12.0. The van der Waals surface area contributed by atoms with Crippen molar-refractivity contribution in [2.75, 3.05) is 6.61 Å². The molecule has 1 aliphatic rings. The van der Waals surface area contributed by atoms with Crippen LogP contribution in [0.15, 0.2) is 42.5 Å². The van der Waals surface area contributed by atoms with Gasteiger partial charge in [-0.05, 0) is 36.2 Å². The van der Waals surface area contributed by atoms with Crippen molar-refractivity contribution in [1.82, 2.24) is 0 Å². The van der Waals surface area contributed by atoms with E-state index in [-0.39, 0.29) is 11.7 Å². The Morgan fingerprint density at radius 3 is 2.80 bits per heavy atom. The fourth-order valence-electron chi connectivity index (χ4n) is 2.40. The minimum atomic E-state index is -0.221. The Labute approximate surface area is 127 Å². The molecule has 0 saturated carbocycles. The normalized spacial score (nSPS) is 17.2. The Kier molecular flexibility index (Phi) is 3.68. The number of para-hydroxylation sites is 1. The minimum Gasteiger partial charge on any atom is -0.493 e. The summed E-state index contributed by atoms with van der Waals surface area (Å²) in [5.74, 6) is 0.613. The quantitative estimate of drug-likeness (QED) is 0.767. The molecule has 1 atom stereocenters. The van der Waals surface area contributed by atoms with Crippen molar-refractivity contribution in [3.63, 3.8) is 0 Å². The van der Waals surface area contributed by atoms with E-state index in [9.17, 15) is 4.79 Å². The van der Waals surface area contributed by atoms with Gasteiger partial charge < -0.3 is 4.74 Å². The molecule has 0 spiro atoms. The second-order valence-electron chi connectivity index (χ2n) is 4.81. The van der Waals surface area contributed by atoms with Crippen LogP contribution in [0.25, 0.3) is 0 Å². The first-order valence-electron chi connectivity index (χ1n) is 6.35. The number of ketones is 1. The molecule has 2 nitrogen and oxygen atoms in total. The van der Waals surface area contributed by atoms with Gasteiger partial charge in [-0.1, -0.05) is 41.4 Å². The lowest BCUT2D eigenvalue weighted by Gasteiger charge is -2.24.